The molecule has 1 aliphatic rings. The third kappa shape index (κ3) is 4.37. The first kappa shape index (κ1) is 15.2. The van der Waals surface area contributed by atoms with Crippen molar-refractivity contribution >= 4 is 17.6 Å². The Hall–Kier alpha value is -2.24. The van der Waals surface area contributed by atoms with Crippen LogP contribution in [0.15, 0.2) is 30.3 Å². The van der Waals surface area contributed by atoms with Crippen molar-refractivity contribution in [1.29, 1.82) is 0 Å². The zero-order chi connectivity index (χ0) is 15.1. The molecule has 2 N–H and O–H groups in total. The number of nitrogens with one attached hydrogen (secondary N) is 2. The number of anilines is 1. The number of hydrogen-bond donors (Lipinski definition) is 2. The second kappa shape index (κ2) is 7.52. The molecular weight excluding hydrogens is 268 g/mol. The van der Waals surface area contributed by atoms with Gasteiger partial charge in [-0.15, -0.1) is 0 Å². The van der Waals surface area contributed by atoms with Gasteiger partial charge in [-0.05, 0) is 19.1 Å². The van der Waals surface area contributed by atoms with Crippen molar-refractivity contribution in [3.8, 4) is 0 Å². The topological polar surface area (TPSA) is 64.7 Å². The summed E-state index contributed by atoms with van der Waals surface area (Å²) >= 11 is 0. The Kier molecular flexibility index (Phi) is 5.43. The van der Waals surface area contributed by atoms with Gasteiger partial charge in [-0.25, -0.2) is 4.79 Å². The van der Waals surface area contributed by atoms with Gasteiger partial charge in [0, 0.05) is 38.4 Å². The van der Waals surface area contributed by atoms with E-state index < -0.39 is 0 Å². The van der Waals surface area contributed by atoms with Gasteiger partial charge in [0.25, 0.3) is 0 Å². The first-order valence-electron chi connectivity index (χ1n) is 7.30. The predicted octanol–water partition coefficient (Wildman–Crippen LogP) is 0.972. The van der Waals surface area contributed by atoms with Crippen LogP contribution in [0.2, 0.25) is 0 Å². The summed E-state index contributed by atoms with van der Waals surface area (Å²) in [6.45, 7) is 5.15. The number of benzene rings is 1. The maximum Gasteiger partial charge on any atom is 0.317 e. The fourth-order valence-corrected chi connectivity index (χ4v) is 2.27. The van der Waals surface area contributed by atoms with Crippen LogP contribution in [0.4, 0.5) is 10.5 Å². The Bertz CT molecular complexity index is 470. The predicted molar refractivity (Wildman–Crippen MR) is 82.2 cm³/mol. The zero-order valence-corrected chi connectivity index (χ0v) is 12.3. The number of nitrogens with zero attached hydrogens (tertiary/aromatic N) is 2. The van der Waals surface area contributed by atoms with E-state index in [1.165, 1.54) is 0 Å². The minimum Gasteiger partial charge on any atom is -0.376 e. The maximum absolute atomic E-state index is 12.1. The molecule has 0 atom stereocenters. The molecule has 0 aromatic heterocycles. The number of carbonyl (C=O) groups excluding carboxylic acids is 2. The monoisotopic (exact) mass is 290 g/mol. The summed E-state index contributed by atoms with van der Waals surface area (Å²) in [7, 11) is 0. The number of urea groups is 1. The van der Waals surface area contributed by atoms with E-state index in [1.54, 1.807) is 9.80 Å². The number of para-hydroxylation sites is 1. The van der Waals surface area contributed by atoms with Gasteiger partial charge in [0.2, 0.25) is 5.91 Å². The van der Waals surface area contributed by atoms with Gasteiger partial charge < -0.3 is 20.4 Å². The highest BCUT2D eigenvalue weighted by molar-refractivity contribution is 5.81. The van der Waals surface area contributed by atoms with Gasteiger partial charge in [0.1, 0.15) is 0 Å². The highest BCUT2D eigenvalue weighted by atomic mass is 16.2. The van der Waals surface area contributed by atoms with Crippen LogP contribution in [0.5, 0.6) is 0 Å². The van der Waals surface area contributed by atoms with E-state index in [4.69, 9.17) is 0 Å². The Balaban J connectivity index is 1.74. The molecule has 1 heterocycles. The summed E-state index contributed by atoms with van der Waals surface area (Å²) in [5, 5.41) is 5.89. The lowest BCUT2D eigenvalue weighted by atomic mass is 10.3. The van der Waals surface area contributed by atoms with E-state index in [2.05, 4.69) is 10.6 Å². The number of rotatable bonds is 4. The first-order chi connectivity index (χ1) is 10.2. The van der Waals surface area contributed by atoms with Crippen LogP contribution < -0.4 is 10.6 Å². The van der Waals surface area contributed by atoms with E-state index >= 15 is 0 Å². The van der Waals surface area contributed by atoms with Gasteiger partial charge in [0.05, 0.1) is 6.54 Å². The standard InChI is InChI=1S/C15H22N4O2/c1-2-16-15(21)19-10-8-18(9-11-19)14(20)12-17-13-6-4-3-5-7-13/h3-7,17H,2,8-12H2,1H3,(H,16,21). The lowest BCUT2D eigenvalue weighted by Gasteiger charge is -2.34. The van der Waals surface area contributed by atoms with Crippen LogP contribution in [0, 0.1) is 0 Å². The van der Waals surface area contributed by atoms with E-state index in [1.807, 2.05) is 37.3 Å². The molecule has 0 radical (unpaired) electrons. The molecule has 6 nitrogen and oxygen atoms in total. The molecule has 1 saturated heterocycles. The molecule has 6 heteroatoms. The van der Waals surface area contributed by atoms with Crippen LogP contribution in [-0.2, 0) is 4.79 Å². The normalized spacial score (nSPS) is 14.7. The molecule has 1 aliphatic heterocycles. The Morgan fingerprint density at radius 3 is 2.29 bits per heavy atom. The van der Waals surface area contributed by atoms with Crippen LogP contribution in [0.1, 0.15) is 6.92 Å². The maximum atomic E-state index is 12.1. The summed E-state index contributed by atoms with van der Waals surface area (Å²) < 4.78 is 0. The Labute approximate surface area is 125 Å². The van der Waals surface area contributed by atoms with Gasteiger partial charge in [-0.1, -0.05) is 18.2 Å². The van der Waals surface area contributed by atoms with Crippen molar-refractivity contribution < 1.29 is 9.59 Å². The highest BCUT2D eigenvalue weighted by Gasteiger charge is 2.23. The van der Waals surface area contributed by atoms with Gasteiger partial charge in [-0.2, -0.15) is 0 Å². The molecule has 1 aromatic rings. The zero-order valence-electron chi connectivity index (χ0n) is 12.3. The quantitative estimate of drug-likeness (QED) is 0.868. The van der Waals surface area contributed by atoms with Gasteiger partial charge in [-0.3, -0.25) is 4.79 Å². The molecule has 1 fully saturated rings. The van der Waals surface area contributed by atoms with Crippen molar-refractivity contribution in [1.82, 2.24) is 15.1 Å². The Morgan fingerprint density at radius 2 is 1.67 bits per heavy atom. The Morgan fingerprint density at radius 1 is 1.05 bits per heavy atom. The van der Waals surface area contributed by atoms with Crippen molar-refractivity contribution in [2.45, 2.75) is 6.92 Å². The number of amides is 3. The average Bonchev–Trinajstić information content (AvgIpc) is 2.54. The summed E-state index contributed by atoms with van der Waals surface area (Å²) in [5.74, 6) is 0.0643. The summed E-state index contributed by atoms with van der Waals surface area (Å²) in [5.41, 5.74) is 0.937. The number of hydrogen-bond acceptors (Lipinski definition) is 3. The molecule has 0 aliphatic carbocycles. The third-order valence-electron chi connectivity index (χ3n) is 3.47. The molecule has 0 bridgehead atoms. The molecule has 0 spiro atoms. The van der Waals surface area contributed by atoms with Crippen LogP contribution in [0.3, 0.4) is 0 Å². The molecule has 2 rings (SSSR count). The lowest BCUT2D eigenvalue weighted by Crippen LogP contribution is -2.54. The summed E-state index contributed by atoms with van der Waals surface area (Å²) in [6, 6.07) is 9.61. The van der Waals surface area contributed by atoms with Crippen molar-refractivity contribution in [3.63, 3.8) is 0 Å². The van der Waals surface area contributed by atoms with Crippen LogP contribution in [-0.4, -0.2) is 61.0 Å². The van der Waals surface area contributed by atoms with Gasteiger partial charge >= 0.3 is 6.03 Å². The minimum absolute atomic E-state index is 0.0491. The van der Waals surface area contributed by atoms with E-state index in [0.29, 0.717) is 32.7 Å². The van der Waals surface area contributed by atoms with Crippen molar-refractivity contribution in [2.24, 2.45) is 0 Å². The fourth-order valence-electron chi connectivity index (χ4n) is 2.27. The SMILES string of the molecule is CCNC(=O)N1CCN(C(=O)CNc2ccccc2)CC1. The number of carbonyl (C=O) groups is 2. The van der Waals surface area contributed by atoms with Crippen molar-refractivity contribution in [2.75, 3.05) is 44.6 Å². The average molecular weight is 290 g/mol. The third-order valence-corrected chi connectivity index (χ3v) is 3.47. The molecule has 114 valence electrons. The highest BCUT2D eigenvalue weighted by Crippen LogP contribution is 2.06. The molecule has 0 unspecified atom stereocenters. The van der Waals surface area contributed by atoms with Crippen LogP contribution >= 0.6 is 0 Å². The fraction of sp³-hybridized carbons (Fsp3) is 0.467. The second-order valence-electron chi connectivity index (χ2n) is 4.92. The molecule has 0 saturated carbocycles. The summed E-state index contributed by atoms with van der Waals surface area (Å²) in [4.78, 5) is 27.3. The van der Waals surface area contributed by atoms with E-state index in [0.717, 1.165) is 5.69 Å². The smallest absolute Gasteiger partial charge is 0.317 e. The van der Waals surface area contributed by atoms with Gasteiger partial charge in [0.15, 0.2) is 0 Å². The first-order valence-corrected chi connectivity index (χ1v) is 7.30. The van der Waals surface area contributed by atoms with Crippen molar-refractivity contribution in [3.05, 3.63) is 30.3 Å². The van der Waals surface area contributed by atoms with E-state index in [9.17, 15) is 9.59 Å². The number of piperazine rings is 1. The molecule has 3 amide bonds. The van der Waals surface area contributed by atoms with Crippen LogP contribution in [0.25, 0.3) is 0 Å². The lowest BCUT2D eigenvalue weighted by molar-refractivity contribution is -0.130. The largest absolute Gasteiger partial charge is 0.376 e. The van der Waals surface area contributed by atoms with E-state index in [-0.39, 0.29) is 18.5 Å². The minimum atomic E-state index is -0.0491. The molecule has 1 aromatic carbocycles. The molecular formula is C15H22N4O2. The molecule has 21 heavy (non-hydrogen) atoms. The summed E-state index contributed by atoms with van der Waals surface area (Å²) in [6.07, 6.45) is 0. The second-order valence-corrected chi connectivity index (χ2v) is 4.92.